The van der Waals surface area contributed by atoms with Crippen molar-refractivity contribution >= 4 is 11.8 Å². The second-order valence-electron chi connectivity index (χ2n) is 5.75. The third-order valence-corrected chi connectivity index (χ3v) is 4.30. The number of nitrogens with one attached hydrogen (secondary N) is 1. The van der Waals surface area contributed by atoms with Crippen LogP contribution in [0.1, 0.15) is 38.7 Å². The summed E-state index contributed by atoms with van der Waals surface area (Å²) in [5.41, 5.74) is 1.41. The summed E-state index contributed by atoms with van der Waals surface area (Å²) in [6.45, 7) is 6.59. The average Bonchev–Trinajstić information content (AvgIpc) is 3.13. The molecule has 1 aliphatic rings. The van der Waals surface area contributed by atoms with E-state index >= 15 is 0 Å². The molecule has 1 aromatic carbocycles. The van der Waals surface area contributed by atoms with Crippen LogP contribution < -0.4 is 5.32 Å². The van der Waals surface area contributed by atoms with Gasteiger partial charge >= 0.3 is 0 Å². The molecule has 0 aromatic heterocycles. The lowest BCUT2D eigenvalue weighted by Gasteiger charge is -2.08. The highest BCUT2D eigenvalue weighted by atomic mass is 32.2. The minimum absolute atomic E-state index is 0.723. The smallest absolute Gasteiger partial charge is 0.0206 e. The molecule has 0 bridgehead atoms. The van der Waals surface area contributed by atoms with Crippen LogP contribution in [0.4, 0.5) is 0 Å². The second-order valence-corrected chi connectivity index (χ2v) is 6.92. The summed E-state index contributed by atoms with van der Waals surface area (Å²) in [4.78, 5) is 1.43. The number of benzene rings is 1. The summed E-state index contributed by atoms with van der Waals surface area (Å²) < 4.78 is 0. The van der Waals surface area contributed by atoms with Gasteiger partial charge in [-0.15, -0.1) is 11.8 Å². The third kappa shape index (κ3) is 5.45. The fourth-order valence-electron chi connectivity index (χ4n) is 2.00. The molecule has 2 heteroatoms. The van der Waals surface area contributed by atoms with Crippen LogP contribution in [0, 0.1) is 11.8 Å². The molecule has 1 N–H and O–H groups in total. The highest BCUT2D eigenvalue weighted by Crippen LogP contribution is 2.34. The Morgan fingerprint density at radius 2 is 2.17 bits per heavy atom. The van der Waals surface area contributed by atoms with Crippen molar-refractivity contribution < 1.29 is 0 Å². The summed E-state index contributed by atoms with van der Waals surface area (Å²) in [5, 5.41) is 3.50. The van der Waals surface area contributed by atoms with E-state index in [1.807, 2.05) is 11.8 Å². The molecule has 0 amide bonds. The van der Waals surface area contributed by atoms with Crippen molar-refractivity contribution in [3.8, 4) is 0 Å². The van der Waals surface area contributed by atoms with Gasteiger partial charge in [-0.2, -0.15) is 0 Å². The van der Waals surface area contributed by atoms with E-state index in [2.05, 4.69) is 43.4 Å². The van der Waals surface area contributed by atoms with E-state index in [0.717, 1.165) is 24.9 Å². The third-order valence-electron chi connectivity index (χ3n) is 3.27. The highest BCUT2D eigenvalue weighted by Gasteiger charge is 2.20. The number of thioether (sulfide) groups is 1. The molecule has 0 atom stereocenters. The van der Waals surface area contributed by atoms with Gasteiger partial charge in [-0.1, -0.05) is 38.8 Å². The van der Waals surface area contributed by atoms with Crippen molar-refractivity contribution in [1.82, 2.24) is 5.32 Å². The Morgan fingerprint density at radius 3 is 2.89 bits per heavy atom. The Balaban J connectivity index is 1.72. The number of rotatable bonds is 8. The molecular formula is C16H25NS. The first kappa shape index (κ1) is 14.0. The highest BCUT2D eigenvalue weighted by molar-refractivity contribution is 7.99. The zero-order valence-electron chi connectivity index (χ0n) is 11.6. The average molecular weight is 263 g/mol. The quantitative estimate of drug-likeness (QED) is 0.701. The molecule has 2 rings (SSSR count). The summed E-state index contributed by atoms with van der Waals surface area (Å²) >= 11 is 2.01. The summed E-state index contributed by atoms with van der Waals surface area (Å²) in [6.07, 6.45) is 4.35. The SMILES string of the molecule is CC(C)CNCc1cccc(SCCC2CC2)c1. The molecule has 0 aliphatic heterocycles. The molecule has 1 fully saturated rings. The lowest BCUT2D eigenvalue weighted by Crippen LogP contribution is -2.18. The van der Waals surface area contributed by atoms with E-state index in [1.54, 1.807) is 0 Å². The molecule has 0 saturated heterocycles. The minimum Gasteiger partial charge on any atom is -0.312 e. The Labute approximate surface area is 116 Å². The van der Waals surface area contributed by atoms with E-state index < -0.39 is 0 Å². The van der Waals surface area contributed by atoms with Gasteiger partial charge in [-0.05, 0) is 48.3 Å². The lowest BCUT2D eigenvalue weighted by molar-refractivity contribution is 0.552. The first-order chi connectivity index (χ1) is 8.74. The number of hydrogen-bond acceptors (Lipinski definition) is 2. The summed E-state index contributed by atoms with van der Waals surface area (Å²) in [7, 11) is 0. The Morgan fingerprint density at radius 1 is 1.33 bits per heavy atom. The molecule has 1 saturated carbocycles. The van der Waals surface area contributed by atoms with Crippen molar-refractivity contribution in [2.45, 2.75) is 44.6 Å². The summed E-state index contributed by atoms with van der Waals surface area (Å²) in [6, 6.07) is 8.98. The van der Waals surface area contributed by atoms with Crippen molar-refractivity contribution in [2.24, 2.45) is 11.8 Å². The molecule has 0 radical (unpaired) electrons. The zero-order chi connectivity index (χ0) is 12.8. The van der Waals surface area contributed by atoms with Crippen LogP contribution in [-0.4, -0.2) is 12.3 Å². The van der Waals surface area contributed by atoms with Crippen LogP contribution >= 0.6 is 11.8 Å². The molecular weight excluding hydrogens is 238 g/mol. The first-order valence-electron chi connectivity index (χ1n) is 7.16. The minimum atomic E-state index is 0.723. The van der Waals surface area contributed by atoms with Gasteiger partial charge in [-0.3, -0.25) is 0 Å². The van der Waals surface area contributed by atoms with Gasteiger partial charge in [0, 0.05) is 11.4 Å². The van der Waals surface area contributed by atoms with Crippen LogP contribution in [0.3, 0.4) is 0 Å². The van der Waals surface area contributed by atoms with Gasteiger partial charge in [0.25, 0.3) is 0 Å². The van der Waals surface area contributed by atoms with Crippen molar-refractivity contribution in [2.75, 3.05) is 12.3 Å². The van der Waals surface area contributed by atoms with Crippen LogP contribution in [0.25, 0.3) is 0 Å². The maximum absolute atomic E-state index is 3.50. The topological polar surface area (TPSA) is 12.0 Å². The van der Waals surface area contributed by atoms with Crippen molar-refractivity contribution in [1.29, 1.82) is 0 Å². The Hall–Kier alpha value is -0.470. The first-order valence-corrected chi connectivity index (χ1v) is 8.15. The monoisotopic (exact) mass is 263 g/mol. The summed E-state index contributed by atoms with van der Waals surface area (Å²) in [5.74, 6) is 3.06. The molecule has 18 heavy (non-hydrogen) atoms. The molecule has 0 unspecified atom stereocenters. The maximum Gasteiger partial charge on any atom is 0.0206 e. The molecule has 100 valence electrons. The van der Waals surface area contributed by atoms with Gasteiger partial charge in [0.2, 0.25) is 0 Å². The van der Waals surface area contributed by atoms with Gasteiger partial charge in [0.1, 0.15) is 0 Å². The van der Waals surface area contributed by atoms with E-state index in [1.165, 1.54) is 35.5 Å². The molecule has 1 nitrogen and oxygen atoms in total. The molecule has 1 aromatic rings. The normalized spacial score (nSPS) is 15.3. The number of hydrogen-bond donors (Lipinski definition) is 1. The molecule has 0 spiro atoms. The standard InChI is InChI=1S/C16H25NS/c1-13(2)11-17-12-15-4-3-5-16(10-15)18-9-8-14-6-7-14/h3-5,10,13-14,17H,6-9,11-12H2,1-2H3. The van der Waals surface area contributed by atoms with Crippen molar-refractivity contribution in [3.05, 3.63) is 29.8 Å². The van der Waals surface area contributed by atoms with E-state index in [0.29, 0.717) is 0 Å². The predicted molar refractivity (Wildman–Crippen MR) is 81.1 cm³/mol. The molecule has 1 aliphatic carbocycles. The zero-order valence-corrected chi connectivity index (χ0v) is 12.4. The van der Waals surface area contributed by atoms with Crippen LogP contribution in [-0.2, 0) is 6.54 Å². The van der Waals surface area contributed by atoms with Crippen LogP contribution in [0.2, 0.25) is 0 Å². The Kier molecular flexibility index (Phi) is 5.58. The fourth-order valence-corrected chi connectivity index (χ4v) is 3.10. The fraction of sp³-hybridized carbons (Fsp3) is 0.625. The predicted octanol–water partition coefficient (Wildman–Crippen LogP) is 4.32. The van der Waals surface area contributed by atoms with Crippen LogP contribution in [0.15, 0.2) is 29.2 Å². The van der Waals surface area contributed by atoms with Gasteiger partial charge in [0.05, 0.1) is 0 Å². The van der Waals surface area contributed by atoms with Crippen LogP contribution in [0.5, 0.6) is 0 Å². The van der Waals surface area contributed by atoms with Gasteiger partial charge < -0.3 is 5.32 Å². The molecule has 0 heterocycles. The van der Waals surface area contributed by atoms with Crippen molar-refractivity contribution in [3.63, 3.8) is 0 Å². The van der Waals surface area contributed by atoms with Gasteiger partial charge in [0.15, 0.2) is 0 Å². The van der Waals surface area contributed by atoms with E-state index in [-0.39, 0.29) is 0 Å². The maximum atomic E-state index is 3.50. The lowest BCUT2D eigenvalue weighted by atomic mass is 10.2. The van der Waals surface area contributed by atoms with Gasteiger partial charge in [-0.25, -0.2) is 0 Å². The van der Waals surface area contributed by atoms with E-state index in [9.17, 15) is 0 Å². The second kappa shape index (κ2) is 7.20. The largest absolute Gasteiger partial charge is 0.312 e. The Bertz CT molecular complexity index is 335. The van der Waals surface area contributed by atoms with E-state index in [4.69, 9.17) is 0 Å².